The van der Waals surface area contributed by atoms with Crippen LogP contribution in [0.25, 0.3) is 0 Å². The van der Waals surface area contributed by atoms with Crippen LogP contribution in [-0.4, -0.2) is 18.4 Å². The van der Waals surface area contributed by atoms with E-state index in [0.29, 0.717) is 11.3 Å². The van der Waals surface area contributed by atoms with E-state index in [1.165, 1.54) is 10.6 Å². The first-order valence-electron chi connectivity index (χ1n) is 9.67. The molecule has 0 unspecified atom stereocenters. The van der Waals surface area contributed by atoms with Crippen LogP contribution in [0.5, 0.6) is 11.5 Å². The molecule has 0 bridgehead atoms. The molecular weight excluding hydrogens is 389 g/mol. The van der Waals surface area contributed by atoms with E-state index in [9.17, 15) is 5.11 Å². The largest absolute Gasteiger partial charge is 0.507 e. The summed E-state index contributed by atoms with van der Waals surface area (Å²) in [6.45, 7) is 0. The van der Waals surface area contributed by atoms with Crippen molar-refractivity contribution in [2.45, 2.75) is 0 Å². The van der Waals surface area contributed by atoms with Gasteiger partial charge in [0, 0.05) is 11.5 Å². The molecule has 3 nitrogen and oxygen atoms in total. The number of ether oxygens (including phenoxy) is 1. The summed E-state index contributed by atoms with van der Waals surface area (Å²) < 4.78 is 5.38. The third-order valence-electron chi connectivity index (χ3n) is 4.75. The summed E-state index contributed by atoms with van der Waals surface area (Å²) in [6, 6.07) is 34.5. The molecule has 0 atom stereocenters. The van der Waals surface area contributed by atoms with Gasteiger partial charge in [-0.3, -0.25) is 4.99 Å². The maximum Gasteiger partial charge on any atom is 0.131 e. The lowest BCUT2D eigenvalue weighted by atomic mass is 10.2. The quantitative estimate of drug-likeness (QED) is 0.362. The summed E-state index contributed by atoms with van der Waals surface area (Å²) in [7, 11) is 0.814. The molecule has 0 amide bonds. The Morgan fingerprint density at radius 3 is 1.97 bits per heavy atom. The molecule has 0 aliphatic heterocycles. The van der Waals surface area contributed by atoms with Crippen LogP contribution in [0.3, 0.4) is 0 Å². The number of aliphatic imine (C=N–C) groups is 1. The van der Waals surface area contributed by atoms with E-state index in [1.54, 1.807) is 25.5 Å². The van der Waals surface area contributed by atoms with Crippen LogP contribution in [0.2, 0.25) is 0 Å². The fourth-order valence-electron chi connectivity index (χ4n) is 3.32. The van der Waals surface area contributed by atoms with Crippen molar-refractivity contribution < 1.29 is 9.84 Å². The Kier molecular flexibility index (Phi) is 6.22. The first-order chi connectivity index (χ1) is 14.8. The number of methoxy groups -OCH3 is 1. The van der Waals surface area contributed by atoms with Crippen LogP contribution in [-0.2, 0) is 0 Å². The fourth-order valence-corrected chi connectivity index (χ4v) is 5.71. The van der Waals surface area contributed by atoms with E-state index < -0.39 is 7.92 Å². The van der Waals surface area contributed by atoms with Crippen molar-refractivity contribution in [3.05, 3.63) is 109 Å². The third kappa shape index (κ3) is 4.27. The number of nitrogens with zero attached hydrogens (tertiary/aromatic N) is 1. The molecule has 4 heteroatoms. The number of para-hydroxylation sites is 1. The standard InChI is InChI=1S/C26H22NO2P/c1-29-25-17-10-16-24(28)22(25)19-27-23-15-8-9-18-26(23)30(20-11-4-2-5-12-20)21-13-6-3-7-14-21/h2-19,28H,1H3. The first-order valence-corrected chi connectivity index (χ1v) is 11.0. The summed E-state index contributed by atoms with van der Waals surface area (Å²) in [4.78, 5) is 4.77. The zero-order valence-electron chi connectivity index (χ0n) is 16.6. The molecule has 0 fully saturated rings. The number of hydrogen-bond acceptors (Lipinski definition) is 3. The molecule has 0 aromatic heterocycles. The molecule has 0 aliphatic rings. The van der Waals surface area contributed by atoms with Gasteiger partial charge >= 0.3 is 0 Å². The summed E-state index contributed by atoms with van der Waals surface area (Å²) >= 11 is 0. The van der Waals surface area contributed by atoms with Crippen molar-refractivity contribution >= 4 is 35.7 Å². The Bertz CT molecular complexity index is 1100. The normalized spacial score (nSPS) is 11.1. The van der Waals surface area contributed by atoms with E-state index in [-0.39, 0.29) is 5.75 Å². The number of phenolic OH excluding ortho intramolecular Hbond substituents is 1. The summed E-state index contributed by atoms with van der Waals surface area (Å²) in [5.41, 5.74) is 1.44. The number of benzene rings is 4. The lowest BCUT2D eigenvalue weighted by molar-refractivity contribution is 0.406. The van der Waals surface area contributed by atoms with Crippen LogP contribution < -0.4 is 20.7 Å². The molecule has 4 rings (SSSR count). The maximum absolute atomic E-state index is 10.3. The predicted octanol–water partition coefficient (Wildman–Crippen LogP) is 4.91. The van der Waals surface area contributed by atoms with Crippen LogP contribution in [0, 0.1) is 0 Å². The van der Waals surface area contributed by atoms with Gasteiger partial charge in [-0.05, 0) is 36.7 Å². The highest BCUT2D eigenvalue weighted by Gasteiger charge is 2.19. The van der Waals surface area contributed by atoms with Crippen LogP contribution in [0.4, 0.5) is 5.69 Å². The fraction of sp³-hybridized carbons (Fsp3) is 0.0385. The molecule has 0 radical (unpaired) electrons. The second-order valence-corrected chi connectivity index (χ2v) is 8.83. The van der Waals surface area contributed by atoms with Crippen molar-refractivity contribution in [2.24, 2.45) is 4.99 Å². The Morgan fingerprint density at radius 2 is 1.33 bits per heavy atom. The summed E-state index contributed by atoms with van der Waals surface area (Å²) in [5.74, 6) is 0.730. The van der Waals surface area contributed by atoms with Gasteiger partial charge in [-0.2, -0.15) is 0 Å². The van der Waals surface area contributed by atoms with Crippen molar-refractivity contribution in [1.82, 2.24) is 0 Å². The number of hydrogen-bond donors (Lipinski definition) is 1. The van der Waals surface area contributed by atoms with E-state index in [1.807, 2.05) is 30.3 Å². The van der Waals surface area contributed by atoms with E-state index >= 15 is 0 Å². The van der Waals surface area contributed by atoms with Gasteiger partial charge in [0.2, 0.25) is 0 Å². The third-order valence-corrected chi connectivity index (χ3v) is 7.24. The zero-order chi connectivity index (χ0) is 20.8. The van der Waals surface area contributed by atoms with Crippen molar-refractivity contribution in [3.63, 3.8) is 0 Å². The van der Waals surface area contributed by atoms with Crippen molar-refractivity contribution in [2.75, 3.05) is 7.11 Å². The minimum absolute atomic E-state index is 0.143. The minimum atomic E-state index is -0.774. The van der Waals surface area contributed by atoms with E-state index in [4.69, 9.17) is 9.73 Å². The molecule has 0 aliphatic carbocycles. The molecule has 0 heterocycles. The van der Waals surface area contributed by atoms with Crippen LogP contribution >= 0.6 is 7.92 Å². The minimum Gasteiger partial charge on any atom is -0.507 e. The lowest BCUT2D eigenvalue weighted by Crippen LogP contribution is -2.20. The Morgan fingerprint density at radius 1 is 0.733 bits per heavy atom. The Hall–Kier alpha value is -3.42. The molecule has 148 valence electrons. The highest BCUT2D eigenvalue weighted by molar-refractivity contribution is 7.80. The second kappa shape index (κ2) is 9.39. The number of phenols is 1. The molecule has 30 heavy (non-hydrogen) atoms. The van der Waals surface area contributed by atoms with E-state index in [0.717, 1.165) is 11.0 Å². The van der Waals surface area contributed by atoms with Crippen molar-refractivity contribution in [3.8, 4) is 11.5 Å². The topological polar surface area (TPSA) is 41.8 Å². The van der Waals surface area contributed by atoms with E-state index in [2.05, 4.69) is 60.7 Å². The molecular formula is C26H22NO2P. The smallest absolute Gasteiger partial charge is 0.131 e. The Labute approximate surface area is 178 Å². The summed E-state index contributed by atoms with van der Waals surface area (Å²) in [5, 5.41) is 14.0. The van der Waals surface area contributed by atoms with Gasteiger partial charge in [-0.25, -0.2) is 0 Å². The van der Waals surface area contributed by atoms with Gasteiger partial charge in [-0.15, -0.1) is 0 Å². The second-order valence-electron chi connectivity index (χ2n) is 6.65. The molecule has 0 spiro atoms. The molecule has 1 N–H and O–H groups in total. The van der Waals surface area contributed by atoms with Crippen molar-refractivity contribution in [1.29, 1.82) is 0 Å². The monoisotopic (exact) mass is 411 g/mol. The molecule has 4 aromatic rings. The van der Waals surface area contributed by atoms with Gasteiger partial charge in [0.15, 0.2) is 0 Å². The lowest BCUT2D eigenvalue weighted by Gasteiger charge is -2.20. The average molecular weight is 411 g/mol. The first kappa shape index (κ1) is 19.9. The van der Waals surface area contributed by atoms with Crippen LogP contribution in [0.1, 0.15) is 5.56 Å². The molecule has 0 saturated heterocycles. The zero-order valence-corrected chi connectivity index (χ0v) is 17.5. The Balaban J connectivity index is 1.82. The highest BCUT2D eigenvalue weighted by Crippen LogP contribution is 2.36. The van der Waals surface area contributed by atoms with Crippen LogP contribution in [0.15, 0.2) is 108 Å². The maximum atomic E-state index is 10.3. The van der Waals surface area contributed by atoms with Gasteiger partial charge < -0.3 is 9.84 Å². The van der Waals surface area contributed by atoms with Gasteiger partial charge in [0.05, 0.1) is 18.4 Å². The van der Waals surface area contributed by atoms with Gasteiger partial charge in [-0.1, -0.05) is 84.9 Å². The predicted molar refractivity (Wildman–Crippen MR) is 127 cm³/mol. The SMILES string of the molecule is COc1cccc(O)c1C=Nc1ccccc1P(c1ccccc1)c1ccccc1. The molecule has 0 saturated carbocycles. The summed E-state index contributed by atoms with van der Waals surface area (Å²) in [6.07, 6.45) is 1.68. The molecule has 4 aromatic carbocycles. The number of aromatic hydroxyl groups is 1. The average Bonchev–Trinajstić information content (AvgIpc) is 2.80. The van der Waals surface area contributed by atoms with Gasteiger partial charge in [0.25, 0.3) is 0 Å². The highest BCUT2D eigenvalue weighted by atomic mass is 31.1. The number of rotatable bonds is 6. The van der Waals surface area contributed by atoms with Gasteiger partial charge in [0.1, 0.15) is 11.5 Å².